The summed E-state index contributed by atoms with van der Waals surface area (Å²) in [7, 11) is -3.23. The van der Waals surface area contributed by atoms with Gasteiger partial charge in [-0.25, -0.2) is 8.42 Å². The van der Waals surface area contributed by atoms with Crippen molar-refractivity contribution in [1.82, 2.24) is 5.32 Å². The normalized spacial score (nSPS) is 13.3. The molecule has 1 unspecified atom stereocenters. The van der Waals surface area contributed by atoms with E-state index in [9.17, 15) is 13.5 Å². The third-order valence-corrected chi connectivity index (χ3v) is 3.42. The second-order valence-corrected chi connectivity index (χ2v) is 6.04. The van der Waals surface area contributed by atoms with Crippen molar-refractivity contribution in [1.29, 1.82) is 0 Å². The molecule has 1 aromatic rings. The number of sulfone groups is 1. The van der Waals surface area contributed by atoms with Gasteiger partial charge in [0.2, 0.25) is 0 Å². The van der Waals surface area contributed by atoms with E-state index in [0.717, 1.165) is 12.8 Å². The van der Waals surface area contributed by atoms with E-state index in [1.54, 1.807) is 12.1 Å². The SMILES string of the molecule is CCNCC(O)COc1cccc(S(C)(=O)=O)c1. The van der Waals surface area contributed by atoms with Gasteiger partial charge in [-0.15, -0.1) is 0 Å². The number of rotatable bonds is 7. The summed E-state index contributed by atoms with van der Waals surface area (Å²) in [5.41, 5.74) is 0. The molecule has 0 amide bonds. The molecule has 0 heterocycles. The van der Waals surface area contributed by atoms with Crippen LogP contribution in [0, 0.1) is 0 Å². The second-order valence-electron chi connectivity index (χ2n) is 4.02. The maximum Gasteiger partial charge on any atom is 0.175 e. The van der Waals surface area contributed by atoms with Crippen LogP contribution in [-0.2, 0) is 9.84 Å². The first kappa shape index (κ1) is 14.9. The Morgan fingerprint density at radius 2 is 2.17 bits per heavy atom. The van der Waals surface area contributed by atoms with Crippen LogP contribution in [0.1, 0.15) is 6.92 Å². The summed E-state index contributed by atoms with van der Waals surface area (Å²) in [5, 5.41) is 12.6. The lowest BCUT2D eigenvalue weighted by Gasteiger charge is -2.13. The fraction of sp³-hybridized carbons (Fsp3) is 0.500. The zero-order chi connectivity index (χ0) is 13.6. The second kappa shape index (κ2) is 6.72. The molecule has 2 N–H and O–H groups in total. The first-order chi connectivity index (χ1) is 8.43. The molecule has 0 aromatic heterocycles. The molecule has 6 heteroatoms. The highest BCUT2D eigenvalue weighted by atomic mass is 32.2. The minimum Gasteiger partial charge on any atom is -0.491 e. The monoisotopic (exact) mass is 273 g/mol. The number of aliphatic hydroxyl groups excluding tert-OH is 1. The predicted octanol–water partition coefficient (Wildman–Crippen LogP) is 0.439. The molecule has 0 aliphatic carbocycles. The van der Waals surface area contributed by atoms with E-state index in [0.29, 0.717) is 12.3 Å². The van der Waals surface area contributed by atoms with Crippen molar-refractivity contribution in [3.05, 3.63) is 24.3 Å². The van der Waals surface area contributed by atoms with E-state index in [-0.39, 0.29) is 11.5 Å². The van der Waals surface area contributed by atoms with Crippen LogP contribution in [0.25, 0.3) is 0 Å². The molecule has 5 nitrogen and oxygen atoms in total. The van der Waals surface area contributed by atoms with Crippen LogP contribution < -0.4 is 10.1 Å². The molecule has 0 radical (unpaired) electrons. The Bertz CT molecular complexity index is 473. The molecular weight excluding hydrogens is 254 g/mol. The van der Waals surface area contributed by atoms with Crippen LogP contribution in [0.15, 0.2) is 29.2 Å². The number of benzene rings is 1. The summed E-state index contributed by atoms with van der Waals surface area (Å²) in [4.78, 5) is 0.209. The molecule has 0 aliphatic heterocycles. The summed E-state index contributed by atoms with van der Waals surface area (Å²) >= 11 is 0. The van der Waals surface area contributed by atoms with E-state index in [4.69, 9.17) is 4.74 Å². The quantitative estimate of drug-likeness (QED) is 0.754. The largest absolute Gasteiger partial charge is 0.491 e. The number of ether oxygens (including phenoxy) is 1. The van der Waals surface area contributed by atoms with Gasteiger partial charge in [-0.05, 0) is 24.7 Å². The third-order valence-electron chi connectivity index (χ3n) is 2.31. The van der Waals surface area contributed by atoms with Crippen molar-refractivity contribution >= 4 is 9.84 Å². The number of hydrogen-bond donors (Lipinski definition) is 2. The van der Waals surface area contributed by atoms with E-state index in [1.165, 1.54) is 12.1 Å². The summed E-state index contributed by atoms with van der Waals surface area (Å²) in [6.07, 6.45) is 0.526. The van der Waals surface area contributed by atoms with Gasteiger partial charge in [0.1, 0.15) is 18.5 Å². The summed E-state index contributed by atoms with van der Waals surface area (Å²) < 4.78 is 28.0. The van der Waals surface area contributed by atoms with Gasteiger partial charge in [-0.2, -0.15) is 0 Å². The molecule has 18 heavy (non-hydrogen) atoms. The van der Waals surface area contributed by atoms with E-state index in [1.807, 2.05) is 6.92 Å². The van der Waals surface area contributed by atoms with Crippen LogP contribution in [0.3, 0.4) is 0 Å². The Hall–Kier alpha value is -1.11. The highest BCUT2D eigenvalue weighted by molar-refractivity contribution is 7.90. The Balaban J connectivity index is 2.58. The maximum absolute atomic E-state index is 11.3. The molecule has 1 rings (SSSR count). The summed E-state index contributed by atoms with van der Waals surface area (Å²) in [5.74, 6) is 0.438. The summed E-state index contributed by atoms with van der Waals surface area (Å²) in [6.45, 7) is 3.30. The summed E-state index contributed by atoms with van der Waals surface area (Å²) in [6, 6.07) is 6.24. The van der Waals surface area contributed by atoms with Gasteiger partial charge in [0.25, 0.3) is 0 Å². The molecule has 102 valence electrons. The molecule has 0 fully saturated rings. The van der Waals surface area contributed by atoms with Gasteiger partial charge >= 0.3 is 0 Å². The Morgan fingerprint density at radius 1 is 1.44 bits per heavy atom. The van der Waals surface area contributed by atoms with E-state index < -0.39 is 15.9 Å². The van der Waals surface area contributed by atoms with Crippen LogP contribution in [0.5, 0.6) is 5.75 Å². The highest BCUT2D eigenvalue weighted by Gasteiger charge is 2.09. The van der Waals surface area contributed by atoms with Gasteiger partial charge in [-0.1, -0.05) is 13.0 Å². The lowest BCUT2D eigenvalue weighted by Crippen LogP contribution is -2.31. The van der Waals surface area contributed by atoms with E-state index in [2.05, 4.69) is 5.32 Å². The molecule has 0 spiro atoms. The van der Waals surface area contributed by atoms with Gasteiger partial charge < -0.3 is 15.2 Å². The molecule has 1 aromatic carbocycles. The van der Waals surface area contributed by atoms with Crippen molar-refractivity contribution in [3.63, 3.8) is 0 Å². The minimum absolute atomic E-state index is 0.125. The first-order valence-corrected chi connectivity index (χ1v) is 7.64. The number of aliphatic hydroxyl groups is 1. The Kier molecular flexibility index (Phi) is 5.58. The number of nitrogens with one attached hydrogen (secondary N) is 1. The van der Waals surface area contributed by atoms with Crippen LogP contribution >= 0.6 is 0 Å². The fourth-order valence-electron chi connectivity index (χ4n) is 1.36. The van der Waals surface area contributed by atoms with Crippen molar-refractivity contribution in [2.24, 2.45) is 0 Å². The van der Waals surface area contributed by atoms with Crippen LogP contribution in [0.2, 0.25) is 0 Å². The van der Waals surface area contributed by atoms with Gasteiger partial charge in [0.15, 0.2) is 9.84 Å². The molecular formula is C12H19NO4S. The first-order valence-electron chi connectivity index (χ1n) is 5.75. The van der Waals surface area contributed by atoms with Crippen molar-refractivity contribution < 1.29 is 18.3 Å². The zero-order valence-electron chi connectivity index (χ0n) is 10.6. The van der Waals surface area contributed by atoms with Gasteiger partial charge in [0.05, 0.1) is 4.90 Å². The van der Waals surface area contributed by atoms with Crippen molar-refractivity contribution in [3.8, 4) is 5.75 Å². The lowest BCUT2D eigenvalue weighted by molar-refractivity contribution is 0.107. The number of hydrogen-bond acceptors (Lipinski definition) is 5. The van der Waals surface area contributed by atoms with Gasteiger partial charge in [-0.3, -0.25) is 0 Å². The average Bonchev–Trinajstić information content (AvgIpc) is 2.33. The molecule has 0 aliphatic rings. The average molecular weight is 273 g/mol. The van der Waals surface area contributed by atoms with Crippen molar-refractivity contribution in [2.75, 3.05) is 26.0 Å². The molecule has 0 saturated heterocycles. The Morgan fingerprint density at radius 3 is 2.78 bits per heavy atom. The molecule has 0 saturated carbocycles. The van der Waals surface area contributed by atoms with E-state index >= 15 is 0 Å². The zero-order valence-corrected chi connectivity index (χ0v) is 11.4. The maximum atomic E-state index is 11.3. The predicted molar refractivity (Wildman–Crippen MR) is 69.6 cm³/mol. The topological polar surface area (TPSA) is 75.6 Å². The number of likely N-dealkylation sites (N-methyl/N-ethyl adjacent to an activating group) is 1. The fourth-order valence-corrected chi connectivity index (χ4v) is 2.01. The van der Waals surface area contributed by atoms with Gasteiger partial charge in [0, 0.05) is 12.8 Å². The van der Waals surface area contributed by atoms with Crippen LogP contribution in [0.4, 0.5) is 0 Å². The standard InChI is InChI=1S/C12H19NO4S/c1-3-13-8-10(14)9-17-11-5-4-6-12(7-11)18(2,15)16/h4-7,10,13-14H,3,8-9H2,1-2H3. The molecule has 1 atom stereocenters. The lowest BCUT2D eigenvalue weighted by atomic mass is 10.3. The molecule has 0 bridgehead atoms. The Labute approximate surface area is 108 Å². The highest BCUT2D eigenvalue weighted by Crippen LogP contribution is 2.17. The third kappa shape index (κ3) is 5.03. The minimum atomic E-state index is -3.23. The van der Waals surface area contributed by atoms with Crippen LogP contribution in [-0.4, -0.2) is 45.6 Å². The smallest absolute Gasteiger partial charge is 0.175 e. The van der Waals surface area contributed by atoms with Crippen molar-refractivity contribution in [2.45, 2.75) is 17.9 Å².